The normalized spacial score (nSPS) is 12.5. The van der Waals surface area contributed by atoms with Gasteiger partial charge in [0, 0.05) is 22.4 Å². The Kier molecular flexibility index (Phi) is 3.82. The van der Waals surface area contributed by atoms with Crippen LogP contribution >= 0.6 is 27.5 Å². The molecule has 17 heavy (non-hydrogen) atoms. The summed E-state index contributed by atoms with van der Waals surface area (Å²) in [5, 5.41) is 10.9. The van der Waals surface area contributed by atoms with Crippen molar-refractivity contribution in [1.82, 2.24) is 4.98 Å². The van der Waals surface area contributed by atoms with Gasteiger partial charge in [0.05, 0.1) is 5.02 Å². The van der Waals surface area contributed by atoms with Crippen LogP contribution in [0.5, 0.6) is 0 Å². The second-order valence-electron chi connectivity index (χ2n) is 3.81. The van der Waals surface area contributed by atoms with Crippen LogP contribution in [-0.2, 0) is 0 Å². The van der Waals surface area contributed by atoms with E-state index in [0.29, 0.717) is 5.02 Å². The number of rotatable bonds is 2. The average Bonchev–Trinajstić information content (AvgIpc) is 2.32. The SMILES string of the molecule is Cc1ccncc1C(O)c1ccc(Cl)c(Br)c1. The molecule has 1 heterocycles. The van der Waals surface area contributed by atoms with E-state index in [1.807, 2.05) is 25.1 Å². The minimum atomic E-state index is -0.683. The zero-order chi connectivity index (χ0) is 12.4. The number of aromatic nitrogens is 1. The number of benzene rings is 1. The Labute approximate surface area is 113 Å². The van der Waals surface area contributed by atoms with Crippen molar-refractivity contribution in [1.29, 1.82) is 0 Å². The first-order valence-electron chi connectivity index (χ1n) is 5.13. The molecule has 88 valence electrons. The first kappa shape index (κ1) is 12.6. The highest BCUT2D eigenvalue weighted by molar-refractivity contribution is 9.10. The number of aliphatic hydroxyl groups excluding tert-OH is 1. The van der Waals surface area contributed by atoms with E-state index in [-0.39, 0.29) is 0 Å². The lowest BCUT2D eigenvalue weighted by molar-refractivity contribution is 0.219. The molecule has 0 amide bonds. The van der Waals surface area contributed by atoms with Crippen LogP contribution in [-0.4, -0.2) is 10.1 Å². The lowest BCUT2D eigenvalue weighted by atomic mass is 10.00. The Morgan fingerprint density at radius 1 is 1.35 bits per heavy atom. The van der Waals surface area contributed by atoms with E-state index in [2.05, 4.69) is 20.9 Å². The molecule has 1 aromatic heterocycles. The zero-order valence-corrected chi connectivity index (χ0v) is 11.5. The molecule has 4 heteroatoms. The molecule has 0 aliphatic carbocycles. The molecule has 2 aromatic rings. The summed E-state index contributed by atoms with van der Waals surface area (Å²) in [6.07, 6.45) is 2.71. The smallest absolute Gasteiger partial charge is 0.106 e. The topological polar surface area (TPSA) is 33.1 Å². The second-order valence-corrected chi connectivity index (χ2v) is 5.07. The van der Waals surface area contributed by atoms with Crippen molar-refractivity contribution in [2.45, 2.75) is 13.0 Å². The number of hydrogen-bond donors (Lipinski definition) is 1. The van der Waals surface area contributed by atoms with Crippen LogP contribution in [0.1, 0.15) is 22.8 Å². The molecule has 0 aliphatic rings. The van der Waals surface area contributed by atoms with Gasteiger partial charge in [0.15, 0.2) is 0 Å². The van der Waals surface area contributed by atoms with Crippen LogP contribution in [0.4, 0.5) is 0 Å². The third kappa shape index (κ3) is 2.68. The monoisotopic (exact) mass is 311 g/mol. The molecular weight excluding hydrogens is 302 g/mol. The van der Waals surface area contributed by atoms with Crippen molar-refractivity contribution in [2.24, 2.45) is 0 Å². The minimum absolute atomic E-state index is 0.629. The summed E-state index contributed by atoms with van der Waals surface area (Å²) in [7, 11) is 0. The van der Waals surface area contributed by atoms with Crippen molar-refractivity contribution in [3.05, 3.63) is 62.8 Å². The van der Waals surface area contributed by atoms with Gasteiger partial charge in [-0.3, -0.25) is 4.98 Å². The van der Waals surface area contributed by atoms with Crippen LogP contribution in [0, 0.1) is 6.92 Å². The standard InChI is InChI=1S/C13H11BrClNO/c1-8-4-5-16-7-10(8)13(17)9-2-3-12(15)11(14)6-9/h2-7,13,17H,1H3. The molecule has 1 aromatic carbocycles. The lowest BCUT2D eigenvalue weighted by Crippen LogP contribution is -2.02. The number of aryl methyl sites for hydroxylation is 1. The predicted molar refractivity (Wildman–Crippen MR) is 72.2 cm³/mol. The minimum Gasteiger partial charge on any atom is -0.384 e. The van der Waals surface area contributed by atoms with Crippen molar-refractivity contribution in [2.75, 3.05) is 0 Å². The van der Waals surface area contributed by atoms with Gasteiger partial charge < -0.3 is 5.11 Å². The van der Waals surface area contributed by atoms with Gasteiger partial charge in [0.25, 0.3) is 0 Å². The number of pyridine rings is 1. The molecule has 1 atom stereocenters. The van der Waals surface area contributed by atoms with Gasteiger partial charge in [0.2, 0.25) is 0 Å². The molecule has 0 saturated carbocycles. The Morgan fingerprint density at radius 2 is 2.12 bits per heavy atom. The van der Waals surface area contributed by atoms with E-state index in [1.54, 1.807) is 18.5 Å². The number of aliphatic hydroxyl groups is 1. The van der Waals surface area contributed by atoms with Crippen LogP contribution in [0.3, 0.4) is 0 Å². The first-order valence-corrected chi connectivity index (χ1v) is 6.30. The summed E-state index contributed by atoms with van der Waals surface area (Å²) in [6.45, 7) is 1.95. The van der Waals surface area contributed by atoms with Crippen LogP contribution in [0.25, 0.3) is 0 Å². The highest BCUT2D eigenvalue weighted by Gasteiger charge is 2.13. The van der Waals surface area contributed by atoms with Crippen LogP contribution in [0.2, 0.25) is 5.02 Å². The fraction of sp³-hybridized carbons (Fsp3) is 0.154. The van der Waals surface area contributed by atoms with Gasteiger partial charge in [0.1, 0.15) is 6.10 Å². The Hall–Kier alpha value is -0.900. The highest BCUT2D eigenvalue weighted by atomic mass is 79.9. The van der Waals surface area contributed by atoms with Gasteiger partial charge in [-0.25, -0.2) is 0 Å². The maximum Gasteiger partial charge on any atom is 0.106 e. The molecule has 1 N–H and O–H groups in total. The van der Waals surface area contributed by atoms with E-state index >= 15 is 0 Å². The van der Waals surface area contributed by atoms with Gasteiger partial charge in [-0.05, 0) is 52.2 Å². The Balaban J connectivity index is 2.40. The summed E-state index contributed by atoms with van der Waals surface area (Å²) >= 11 is 9.27. The first-order chi connectivity index (χ1) is 8.09. The van der Waals surface area contributed by atoms with E-state index < -0.39 is 6.10 Å². The summed E-state index contributed by atoms with van der Waals surface area (Å²) in [5.41, 5.74) is 2.61. The molecule has 0 fully saturated rings. The van der Waals surface area contributed by atoms with Gasteiger partial charge in [-0.1, -0.05) is 17.7 Å². The van der Waals surface area contributed by atoms with E-state index in [0.717, 1.165) is 21.2 Å². The molecule has 0 radical (unpaired) electrons. The fourth-order valence-corrected chi connectivity index (χ4v) is 2.14. The quantitative estimate of drug-likeness (QED) is 0.912. The summed E-state index contributed by atoms with van der Waals surface area (Å²) in [5.74, 6) is 0. The largest absolute Gasteiger partial charge is 0.384 e. The molecule has 2 rings (SSSR count). The third-order valence-electron chi connectivity index (χ3n) is 2.63. The zero-order valence-electron chi connectivity index (χ0n) is 9.19. The second kappa shape index (κ2) is 5.17. The fourth-order valence-electron chi connectivity index (χ4n) is 1.62. The number of hydrogen-bond acceptors (Lipinski definition) is 2. The van der Waals surface area contributed by atoms with E-state index in [1.165, 1.54) is 0 Å². The van der Waals surface area contributed by atoms with E-state index in [4.69, 9.17) is 11.6 Å². The Bertz CT molecular complexity index is 545. The predicted octanol–water partition coefficient (Wildman–Crippen LogP) is 3.89. The molecule has 0 bridgehead atoms. The Morgan fingerprint density at radius 3 is 2.76 bits per heavy atom. The lowest BCUT2D eigenvalue weighted by Gasteiger charge is -2.14. The highest BCUT2D eigenvalue weighted by Crippen LogP contribution is 2.29. The number of nitrogens with zero attached hydrogens (tertiary/aromatic N) is 1. The van der Waals surface area contributed by atoms with Crippen molar-refractivity contribution >= 4 is 27.5 Å². The number of halogens is 2. The summed E-state index contributed by atoms with van der Waals surface area (Å²) in [6, 6.07) is 7.27. The van der Waals surface area contributed by atoms with Crippen molar-refractivity contribution in [3.8, 4) is 0 Å². The van der Waals surface area contributed by atoms with Crippen molar-refractivity contribution < 1.29 is 5.11 Å². The van der Waals surface area contributed by atoms with Crippen LogP contribution < -0.4 is 0 Å². The average molecular weight is 313 g/mol. The van der Waals surface area contributed by atoms with Gasteiger partial charge in [-0.2, -0.15) is 0 Å². The molecule has 1 unspecified atom stereocenters. The molecule has 0 saturated heterocycles. The van der Waals surface area contributed by atoms with Crippen molar-refractivity contribution in [3.63, 3.8) is 0 Å². The summed E-state index contributed by atoms with van der Waals surface area (Å²) in [4.78, 5) is 4.03. The molecule has 0 aliphatic heterocycles. The van der Waals surface area contributed by atoms with Gasteiger partial charge in [-0.15, -0.1) is 0 Å². The molecule has 2 nitrogen and oxygen atoms in total. The molecular formula is C13H11BrClNO. The maximum absolute atomic E-state index is 10.3. The molecule has 0 spiro atoms. The van der Waals surface area contributed by atoms with Crippen LogP contribution in [0.15, 0.2) is 41.1 Å². The maximum atomic E-state index is 10.3. The summed E-state index contributed by atoms with van der Waals surface area (Å²) < 4.78 is 0.775. The third-order valence-corrected chi connectivity index (χ3v) is 3.85. The van der Waals surface area contributed by atoms with E-state index in [9.17, 15) is 5.11 Å². The van der Waals surface area contributed by atoms with Gasteiger partial charge >= 0.3 is 0 Å².